The van der Waals surface area contributed by atoms with Crippen molar-refractivity contribution in [2.24, 2.45) is 0 Å². The fourth-order valence-corrected chi connectivity index (χ4v) is 2.56. The first-order valence-corrected chi connectivity index (χ1v) is 6.47. The first-order chi connectivity index (χ1) is 7.27. The molecule has 82 valence electrons. The van der Waals surface area contributed by atoms with Gasteiger partial charge in [-0.2, -0.15) is 11.8 Å². The van der Waals surface area contributed by atoms with Crippen molar-refractivity contribution < 1.29 is 0 Å². The molecule has 3 nitrogen and oxygen atoms in total. The molecule has 4 heteroatoms. The van der Waals surface area contributed by atoms with Gasteiger partial charge in [-0.15, -0.1) is 0 Å². The standard InChI is InChI=1S/C11H17N3S/c1-9-8-13-11(7-10(9)12)14-3-2-5-15-6-4-14/h7-8H,2-6H2,1H3,(H2,12,13). The maximum Gasteiger partial charge on any atom is 0.130 e. The number of aromatic nitrogens is 1. The highest BCUT2D eigenvalue weighted by molar-refractivity contribution is 7.99. The van der Waals surface area contributed by atoms with Crippen LogP contribution in [0.3, 0.4) is 0 Å². The molecule has 0 saturated carbocycles. The second-order valence-corrected chi connectivity index (χ2v) is 5.08. The molecule has 2 N–H and O–H groups in total. The number of hydrogen-bond donors (Lipinski definition) is 1. The van der Waals surface area contributed by atoms with Crippen LogP contribution in [0.4, 0.5) is 11.5 Å². The molecular weight excluding hydrogens is 206 g/mol. The van der Waals surface area contributed by atoms with E-state index >= 15 is 0 Å². The number of anilines is 2. The molecule has 0 aliphatic carbocycles. The SMILES string of the molecule is Cc1cnc(N2CCCSCC2)cc1N. The normalized spacial score (nSPS) is 17.5. The molecular formula is C11H17N3S. The number of thioether (sulfide) groups is 1. The lowest BCUT2D eigenvalue weighted by Crippen LogP contribution is -2.26. The third-order valence-electron chi connectivity index (χ3n) is 2.68. The van der Waals surface area contributed by atoms with Crippen LogP contribution in [0.1, 0.15) is 12.0 Å². The van der Waals surface area contributed by atoms with Crippen molar-refractivity contribution in [2.75, 3.05) is 35.2 Å². The third kappa shape index (κ3) is 2.56. The van der Waals surface area contributed by atoms with Gasteiger partial charge < -0.3 is 10.6 Å². The number of nitrogens with two attached hydrogens (primary N) is 1. The Morgan fingerprint density at radius 2 is 2.27 bits per heavy atom. The van der Waals surface area contributed by atoms with E-state index in [2.05, 4.69) is 9.88 Å². The number of nitrogen functional groups attached to an aromatic ring is 1. The van der Waals surface area contributed by atoms with Crippen molar-refractivity contribution >= 4 is 23.3 Å². The van der Waals surface area contributed by atoms with Gasteiger partial charge in [0, 0.05) is 36.8 Å². The van der Waals surface area contributed by atoms with Crippen molar-refractivity contribution in [1.29, 1.82) is 0 Å². The second-order valence-electron chi connectivity index (χ2n) is 3.85. The van der Waals surface area contributed by atoms with Gasteiger partial charge in [0.1, 0.15) is 5.82 Å². The van der Waals surface area contributed by atoms with Crippen LogP contribution in [0.25, 0.3) is 0 Å². The zero-order valence-electron chi connectivity index (χ0n) is 9.07. The average molecular weight is 223 g/mol. The highest BCUT2D eigenvalue weighted by atomic mass is 32.2. The van der Waals surface area contributed by atoms with Crippen molar-refractivity contribution in [3.05, 3.63) is 17.8 Å². The van der Waals surface area contributed by atoms with Gasteiger partial charge in [-0.25, -0.2) is 4.98 Å². The van der Waals surface area contributed by atoms with E-state index in [-0.39, 0.29) is 0 Å². The number of rotatable bonds is 1. The van der Waals surface area contributed by atoms with Gasteiger partial charge in [-0.3, -0.25) is 0 Å². The van der Waals surface area contributed by atoms with Crippen molar-refractivity contribution in [2.45, 2.75) is 13.3 Å². The van der Waals surface area contributed by atoms with Crippen LogP contribution in [-0.4, -0.2) is 29.6 Å². The van der Waals surface area contributed by atoms with Gasteiger partial charge in [0.15, 0.2) is 0 Å². The van der Waals surface area contributed by atoms with Gasteiger partial charge in [0.05, 0.1) is 0 Å². The predicted molar refractivity (Wildman–Crippen MR) is 67.5 cm³/mol. The molecule has 2 heterocycles. The van der Waals surface area contributed by atoms with Crippen molar-refractivity contribution in [1.82, 2.24) is 4.98 Å². The van der Waals surface area contributed by atoms with Crippen LogP contribution in [-0.2, 0) is 0 Å². The van der Waals surface area contributed by atoms with Gasteiger partial charge in [0.25, 0.3) is 0 Å². The summed E-state index contributed by atoms with van der Waals surface area (Å²) in [6.07, 6.45) is 3.10. The molecule has 0 aromatic carbocycles. The minimum Gasteiger partial charge on any atom is -0.398 e. The zero-order valence-corrected chi connectivity index (χ0v) is 9.89. The van der Waals surface area contributed by atoms with Crippen LogP contribution in [0, 0.1) is 6.92 Å². The van der Waals surface area contributed by atoms with E-state index in [9.17, 15) is 0 Å². The van der Waals surface area contributed by atoms with Gasteiger partial charge >= 0.3 is 0 Å². The second kappa shape index (κ2) is 4.75. The molecule has 0 unspecified atom stereocenters. The molecule has 2 rings (SSSR count). The minimum atomic E-state index is 0.844. The molecule has 0 bridgehead atoms. The van der Waals surface area contributed by atoms with Crippen LogP contribution in [0.15, 0.2) is 12.3 Å². The lowest BCUT2D eigenvalue weighted by atomic mass is 10.2. The van der Waals surface area contributed by atoms with Gasteiger partial charge in [-0.1, -0.05) is 0 Å². The maximum absolute atomic E-state index is 5.89. The van der Waals surface area contributed by atoms with E-state index in [1.54, 1.807) is 0 Å². The fraction of sp³-hybridized carbons (Fsp3) is 0.545. The molecule has 0 amide bonds. The quantitative estimate of drug-likeness (QED) is 0.790. The molecule has 0 spiro atoms. The smallest absolute Gasteiger partial charge is 0.130 e. The third-order valence-corrected chi connectivity index (χ3v) is 3.73. The van der Waals surface area contributed by atoms with Crippen molar-refractivity contribution in [3.63, 3.8) is 0 Å². The van der Waals surface area contributed by atoms with Crippen LogP contribution in [0.5, 0.6) is 0 Å². The van der Waals surface area contributed by atoms with Crippen LogP contribution >= 0.6 is 11.8 Å². The Morgan fingerprint density at radius 1 is 1.40 bits per heavy atom. The van der Waals surface area contributed by atoms with Gasteiger partial charge in [0.2, 0.25) is 0 Å². The topological polar surface area (TPSA) is 42.2 Å². The van der Waals surface area contributed by atoms with E-state index in [4.69, 9.17) is 5.73 Å². The molecule has 1 aliphatic rings. The van der Waals surface area contributed by atoms with E-state index in [0.717, 1.165) is 30.2 Å². The Balaban J connectivity index is 2.16. The molecule has 0 atom stereocenters. The van der Waals surface area contributed by atoms with E-state index in [1.165, 1.54) is 17.9 Å². The summed E-state index contributed by atoms with van der Waals surface area (Å²) in [5, 5.41) is 0. The molecule has 1 saturated heterocycles. The maximum atomic E-state index is 5.89. The Hall–Kier alpha value is -0.900. The lowest BCUT2D eigenvalue weighted by molar-refractivity contribution is 0.801. The summed E-state index contributed by atoms with van der Waals surface area (Å²) in [6, 6.07) is 1.99. The summed E-state index contributed by atoms with van der Waals surface area (Å²) < 4.78 is 0. The summed E-state index contributed by atoms with van der Waals surface area (Å²) in [7, 11) is 0. The number of hydrogen-bond acceptors (Lipinski definition) is 4. The largest absolute Gasteiger partial charge is 0.398 e. The molecule has 0 radical (unpaired) electrons. The summed E-state index contributed by atoms with van der Waals surface area (Å²) in [6.45, 7) is 4.17. The lowest BCUT2D eigenvalue weighted by Gasteiger charge is -2.21. The first kappa shape index (κ1) is 10.6. The monoisotopic (exact) mass is 223 g/mol. The highest BCUT2D eigenvalue weighted by Crippen LogP contribution is 2.20. The van der Waals surface area contributed by atoms with E-state index in [1.807, 2.05) is 30.9 Å². The predicted octanol–water partition coefficient (Wildman–Crippen LogP) is 1.92. The summed E-state index contributed by atoms with van der Waals surface area (Å²) >= 11 is 2.02. The van der Waals surface area contributed by atoms with Crippen LogP contribution in [0.2, 0.25) is 0 Å². The molecule has 1 aromatic heterocycles. The highest BCUT2D eigenvalue weighted by Gasteiger charge is 2.11. The van der Waals surface area contributed by atoms with Crippen LogP contribution < -0.4 is 10.6 Å². The molecule has 15 heavy (non-hydrogen) atoms. The molecule has 1 aromatic rings. The average Bonchev–Trinajstić information content (AvgIpc) is 2.50. The number of pyridine rings is 1. The summed E-state index contributed by atoms with van der Waals surface area (Å²) in [4.78, 5) is 6.77. The first-order valence-electron chi connectivity index (χ1n) is 5.32. The Kier molecular flexibility index (Phi) is 3.36. The summed E-state index contributed by atoms with van der Waals surface area (Å²) in [5.41, 5.74) is 7.80. The summed E-state index contributed by atoms with van der Waals surface area (Å²) in [5.74, 6) is 3.48. The Morgan fingerprint density at radius 3 is 3.07 bits per heavy atom. The van der Waals surface area contributed by atoms with E-state index < -0.39 is 0 Å². The zero-order chi connectivity index (χ0) is 10.7. The molecule has 1 aliphatic heterocycles. The molecule has 1 fully saturated rings. The Bertz CT molecular complexity index is 333. The number of aryl methyl sites for hydroxylation is 1. The number of nitrogens with zero attached hydrogens (tertiary/aromatic N) is 2. The minimum absolute atomic E-state index is 0.844. The Labute approximate surface area is 95.1 Å². The van der Waals surface area contributed by atoms with E-state index in [0.29, 0.717) is 0 Å². The van der Waals surface area contributed by atoms with Gasteiger partial charge in [-0.05, 0) is 24.7 Å². The fourth-order valence-electron chi connectivity index (χ4n) is 1.68. The van der Waals surface area contributed by atoms with Crippen molar-refractivity contribution in [3.8, 4) is 0 Å².